The molecular weight excluding hydrogens is 438 g/mol. The molecule has 1 aliphatic rings. The lowest BCUT2D eigenvalue weighted by atomic mass is 10.0. The van der Waals surface area contributed by atoms with Gasteiger partial charge in [0, 0.05) is 51.6 Å². The zero-order chi connectivity index (χ0) is 24.2. The summed E-state index contributed by atoms with van der Waals surface area (Å²) in [5, 5.41) is 0. The van der Waals surface area contributed by atoms with E-state index in [1.54, 1.807) is 12.1 Å². The minimum absolute atomic E-state index is 0.173. The summed E-state index contributed by atoms with van der Waals surface area (Å²) in [6.45, 7) is 9.05. The van der Waals surface area contributed by atoms with Gasteiger partial charge >= 0.3 is 0 Å². The molecule has 0 spiro atoms. The molecule has 2 heterocycles. The van der Waals surface area contributed by atoms with E-state index in [9.17, 15) is 13.2 Å². The Labute approximate surface area is 198 Å². The number of hydrogen-bond donors (Lipinski definition) is 0. The number of fused-ring (bicyclic) bond motifs is 1. The van der Waals surface area contributed by atoms with Crippen LogP contribution in [0.1, 0.15) is 52.3 Å². The quantitative estimate of drug-likeness (QED) is 0.526. The van der Waals surface area contributed by atoms with Crippen molar-refractivity contribution in [2.24, 2.45) is 0 Å². The van der Waals surface area contributed by atoms with E-state index < -0.39 is 10.0 Å². The number of rotatable bonds is 10. The number of likely N-dealkylation sites (tertiary alicyclic amines) is 1. The molecular formula is C24H39N5O3S. The van der Waals surface area contributed by atoms with Crippen LogP contribution in [-0.4, -0.2) is 84.3 Å². The van der Waals surface area contributed by atoms with Gasteiger partial charge in [-0.05, 0) is 51.6 Å². The predicted molar refractivity (Wildman–Crippen MR) is 132 cm³/mol. The molecule has 1 amide bonds. The van der Waals surface area contributed by atoms with E-state index in [-0.39, 0.29) is 10.8 Å². The van der Waals surface area contributed by atoms with Gasteiger partial charge in [0.25, 0.3) is 0 Å². The van der Waals surface area contributed by atoms with Crippen LogP contribution >= 0.6 is 0 Å². The van der Waals surface area contributed by atoms with Gasteiger partial charge in [0.2, 0.25) is 15.9 Å². The van der Waals surface area contributed by atoms with E-state index in [2.05, 4.69) is 30.5 Å². The van der Waals surface area contributed by atoms with Gasteiger partial charge in [0.1, 0.15) is 5.82 Å². The summed E-state index contributed by atoms with van der Waals surface area (Å²) in [7, 11) is 0.653. The Balaban J connectivity index is 1.78. The molecule has 1 aliphatic heterocycles. The Morgan fingerprint density at radius 3 is 2.36 bits per heavy atom. The fraction of sp³-hybridized carbons (Fsp3) is 0.667. The SMILES string of the molecule is CCCn1c(CCC(=O)N2CCC(N(C)C)CC2)nc2cc(S(=O)(=O)N(CC)CC)ccc21. The molecule has 0 saturated carbocycles. The monoisotopic (exact) mass is 477 g/mol. The van der Waals surface area contributed by atoms with Crippen LogP contribution in [0.2, 0.25) is 0 Å². The molecule has 0 atom stereocenters. The Morgan fingerprint density at radius 2 is 1.79 bits per heavy atom. The first-order chi connectivity index (χ1) is 15.7. The second kappa shape index (κ2) is 11.0. The lowest BCUT2D eigenvalue weighted by molar-refractivity contribution is -0.132. The van der Waals surface area contributed by atoms with Gasteiger partial charge in [-0.15, -0.1) is 0 Å². The molecule has 0 radical (unpaired) electrons. The molecule has 3 rings (SSSR count). The average molecular weight is 478 g/mol. The number of imidazole rings is 1. The van der Waals surface area contributed by atoms with Gasteiger partial charge < -0.3 is 14.4 Å². The number of amides is 1. The lowest BCUT2D eigenvalue weighted by Crippen LogP contribution is -2.44. The highest BCUT2D eigenvalue weighted by Crippen LogP contribution is 2.24. The van der Waals surface area contributed by atoms with E-state index in [1.165, 1.54) is 4.31 Å². The highest BCUT2D eigenvalue weighted by Gasteiger charge is 2.25. The van der Waals surface area contributed by atoms with Gasteiger partial charge in [-0.2, -0.15) is 4.31 Å². The van der Waals surface area contributed by atoms with E-state index in [0.29, 0.717) is 37.5 Å². The molecule has 0 bridgehead atoms. The highest BCUT2D eigenvalue weighted by molar-refractivity contribution is 7.89. The van der Waals surface area contributed by atoms with Gasteiger partial charge in [-0.25, -0.2) is 13.4 Å². The maximum absolute atomic E-state index is 12.9. The standard InChI is InChI=1S/C24H39N5O3S/c1-6-15-29-22-10-9-20(33(31,32)28(7-2)8-3)18-21(22)25-23(29)11-12-24(30)27-16-13-19(14-17-27)26(4)5/h9-10,18-19H,6-8,11-17H2,1-5H3. The van der Waals surface area contributed by atoms with Crippen LogP contribution in [0, 0.1) is 0 Å². The maximum Gasteiger partial charge on any atom is 0.243 e. The fourth-order valence-corrected chi connectivity index (χ4v) is 6.18. The van der Waals surface area contributed by atoms with Crippen LogP contribution in [0.25, 0.3) is 11.0 Å². The third-order valence-corrected chi connectivity index (χ3v) is 8.74. The van der Waals surface area contributed by atoms with Crippen LogP contribution < -0.4 is 0 Å². The first kappa shape index (κ1) is 25.6. The Kier molecular flexibility index (Phi) is 8.53. The van der Waals surface area contributed by atoms with Crippen LogP contribution in [0.4, 0.5) is 0 Å². The second-order valence-electron chi connectivity index (χ2n) is 9.00. The molecule has 0 N–H and O–H groups in total. The fourth-order valence-electron chi connectivity index (χ4n) is 4.71. The number of piperidine rings is 1. The zero-order valence-electron chi connectivity index (χ0n) is 20.7. The van der Waals surface area contributed by atoms with Crippen molar-refractivity contribution in [2.75, 3.05) is 40.3 Å². The van der Waals surface area contributed by atoms with E-state index in [0.717, 1.165) is 50.2 Å². The van der Waals surface area contributed by atoms with Crippen molar-refractivity contribution >= 4 is 27.0 Å². The first-order valence-corrected chi connectivity index (χ1v) is 13.6. The largest absolute Gasteiger partial charge is 0.343 e. The number of benzene rings is 1. The molecule has 1 fully saturated rings. The van der Waals surface area contributed by atoms with Gasteiger partial charge in [0.15, 0.2) is 0 Å². The predicted octanol–water partition coefficient (Wildman–Crippen LogP) is 2.96. The normalized spacial score (nSPS) is 15.8. The van der Waals surface area contributed by atoms with Crippen LogP contribution in [0.5, 0.6) is 0 Å². The molecule has 9 heteroatoms. The highest BCUT2D eigenvalue weighted by atomic mass is 32.2. The minimum Gasteiger partial charge on any atom is -0.343 e. The number of carbonyl (C=O) groups is 1. The lowest BCUT2D eigenvalue weighted by Gasteiger charge is -2.35. The summed E-state index contributed by atoms with van der Waals surface area (Å²) in [5.74, 6) is 1.02. The summed E-state index contributed by atoms with van der Waals surface area (Å²) in [4.78, 5) is 22.1. The van der Waals surface area contributed by atoms with Gasteiger partial charge in [0.05, 0.1) is 15.9 Å². The molecule has 33 heavy (non-hydrogen) atoms. The van der Waals surface area contributed by atoms with E-state index >= 15 is 0 Å². The van der Waals surface area contributed by atoms with Gasteiger partial charge in [-0.3, -0.25) is 4.79 Å². The van der Waals surface area contributed by atoms with Crippen molar-refractivity contribution in [1.82, 2.24) is 23.7 Å². The van der Waals surface area contributed by atoms with Gasteiger partial charge in [-0.1, -0.05) is 20.8 Å². The average Bonchev–Trinajstić information content (AvgIpc) is 3.15. The van der Waals surface area contributed by atoms with Crippen molar-refractivity contribution in [1.29, 1.82) is 0 Å². The third kappa shape index (κ3) is 5.58. The summed E-state index contributed by atoms with van der Waals surface area (Å²) >= 11 is 0. The topological polar surface area (TPSA) is 78.8 Å². The zero-order valence-corrected chi connectivity index (χ0v) is 21.6. The maximum atomic E-state index is 12.9. The molecule has 0 aliphatic carbocycles. The summed E-state index contributed by atoms with van der Waals surface area (Å²) in [6.07, 6.45) is 3.93. The summed E-state index contributed by atoms with van der Waals surface area (Å²) in [5.41, 5.74) is 1.59. The third-order valence-electron chi connectivity index (χ3n) is 6.70. The van der Waals surface area contributed by atoms with Crippen molar-refractivity contribution in [3.8, 4) is 0 Å². The smallest absolute Gasteiger partial charge is 0.243 e. The first-order valence-electron chi connectivity index (χ1n) is 12.2. The van der Waals surface area contributed by atoms with Crippen LogP contribution in [-0.2, 0) is 27.8 Å². The molecule has 8 nitrogen and oxygen atoms in total. The molecule has 0 unspecified atom stereocenters. The molecule has 1 aromatic carbocycles. The number of aryl methyl sites for hydroxylation is 2. The number of carbonyl (C=O) groups excluding carboxylic acids is 1. The Morgan fingerprint density at radius 1 is 1.12 bits per heavy atom. The van der Waals surface area contributed by atoms with E-state index in [4.69, 9.17) is 4.98 Å². The molecule has 1 saturated heterocycles. The number of aromatic nitrogens is 2. The van der Waals surface area contributed by atoms with E-state index in [1.807, 2.05) is 24.8 Å². The minimum atomic E-state index is -3.54. The molecule has 184 valence electrons. The van der Waals surface area contributed by atoms with Crippen molar-refractivity contribution in [3.05, 3.63) is 24.0 Å². The van der Waals surface area contributed by atoms with Crippen molar-refractivity contribution in [3.63, 3.8) is 0 Å². The van der Waals surface area contributed by atoms with Crippen molar-refractivity contribution in [2.45, 2.75) is 70.4 Å². The number of nitrogens with zero attached hydrogens (tertiary/aromatic N) is 5. The van der Waals surface area contributed by atoms with Crippen LogP contribution in [0.15, 0.2) is 23.1 Å². The Hall–Kier alpha value is -1.97. The number of hydrogen-bond acceptors (Lipinski definition) is 5. The summed E-state index contributed by atoms with van der Waals surface area (Å²) in [6, 6.07) is 5.75. The summed E-state index contributed by atoms with van der Waals surface area (Å²) < 4.78 is 29.5. The van der Waals surface area contributed by atoms with Crippen LogP contribution in [0.3, 0.4) is 0 Å². The number of sulfonamides is 1. The molecule has 2 aromatic rings. The molecule has 1 aromatic heterocycles. The Bertz CT molecular complexity index is 1050. The van der Waals surface area contributed by atoms with Crippen molar-refractivity contribution < 1.29 is 13.2 Å². The second-order valence-corrected chi connectivity index (χ2v) is 10.9.